The molecule has 0 saturated carbocycles. The molecule has 2 atom stereocenters. The van der Waals surface area contributed by atoms with Crippen molar-refractivity contribution in [2.45, 2.75) is 44.7 Å². The summed E-state index contributed by atoms with van der Waals surface area (Å²) in [6.07, 6.45) is 6.48. The molecule has 1 saturated heterocycles. The number of anilines is 1. The predicted octanol–water partition coefficient (Wildman–Crippen LogP) is 1.77. The first-order chi connectivity index (χ1) is 11.7. The molecular formula is C18H24N4O2. The van der Waals surface area contributed by atoms with Crippen LogP contribution in [0.15, 0.2) is 35.4 Å². The van der Waals surface area contributed by atoms with Gasteiger partial charge in [-0.3, -0.25) is 14.5 Å². The summed E-state index contributed by atoms with van der Waals surface area (Å²) >= 11 is 0. The summed E-state index contributed by atoms with van der Waals surface area (Å²) in [5, 5.41) is 8.61. The van der Waals surface area contributed by atoms with E-state index in [9.17, 15) is 9.59 Å². The number of carbonyl (C=O) groups excluding carboxylic acids is 2. The van der Waals surface area contributed by atoms with Gasteiger partial charge in [-0.2, -0.15) is 10.1 Å². The zero-order valence-electron chi connectivity index (χ0n) is 14.0. The van der Waals surface area contributed by atoms with E-state index in [1.165, 1.54) is 24.8 Å². The fraction of sp³-hybridized carbons (Fsp3) is 0.500. The van der Waals surface area contributed by atoms with E-state index in [4.69, 9.17) is 0 Å². The second-order valence-electron chi connectivity index (χ2n) is 6.37. The molecule has 2 aliphatic rings. The molecule has 0 aromatic heterocycles. The number of likely N-dealkylation sites (tertiary alicyclic amines) is 1. The lowest BCUT2D eigenvalue weighted by Gasteiger charge is -2.38. The Morgan fingerprint density at radius 2 is 1.79 bits per heavy atom. The molecule has 3 rings (SSSR count). The van der Waals surface area contributed by atoms with E-state index in [-0.39, 0.29) is 17.9 Å². The summed E-state index contributed by atoms with van der Waals surface area (Å²) in [6, 6.07) is 8.53. The van der Waals surface area contributed by atoms with Gasteiger partial charge in [0.15, 0.2) is 0 Å². The fourth-order valence-corrected chi connectivity index (χ4v) is 3.38. The number of nitrogens with one attached hydrogen (secondary N) is 1. The normalized spacial score (nSPS) is 25.4. The number of hydrogen-bond acceptors (Lipinski definition) is 4. The second kappa shape index (κ2) is 7.57. The first-order valence-corrected chi connectivity index (χ1v) is 8.61. The maximum absolute atomic E-state index is 13.0. The van der Waals surface area contributed by atoms with Gasteiger partial charge in [0, 0.05) is 13.1 Å². The van der Waals surface area contributed by atoms with Crippen LogP contribution in [0.5, 0.6) is 0 Å². The highest BCUT2D eigenvalue weighted by molar-refractivity contribution is 6.04. The van der Waals surface area contributed by atoms with Gasteiger partial charge >= 0.3 is 0 Å². The van der Waals surface area contributed by atoms with Crippen LogP contribution >= 0.6 is 0 Å². The summed E-state index contributed by atoms with van der Waals surface area (Å²) in [6.45, 7) is 3.32. The van der Waals surface area contributed by atoms with Gasteiger partial charge in [0.2, 0.25) is 5.91 Å². The third kappa shape index (κ3) is 3.64. The maximum Gasteiger partial charge on any atom is 0.271 e. The number of rotatable bonds is 3. The number of carbonyl (C=O) groups is 2. The standard InChI is InChI=1S/C18H24N4O2/c1-14(23)20-17-16(21-11-7-2-3-8-12-21)13-19-22(18(17)24)15-9-5-4-6-10-15/h4-6,9-10,13,16-17H,2-3,7-8,11-12H2,1H3,(H,20,23). The van der Waals surface area contributed by atoms with Crippen LogP contribution in [0.25, 0.3) is 0 Å². The Bertz CT molecular complexity index is 609. The van der Waals surface area contributed by atoms with Crippen molar-refractivity contribution < 1.29 is 9.59 Å². The van der Waals surface area contributed by atoms with Crippen LogP contribution in [-0.2, 0) is 9.59 Å². The molecule has 1 fully saturated rings. The van der Waals surface area contributed by atoms with Gasteiger partial charge in [0.05, 0.1) is 11.7 Å². The van der Waals surface area contributed by atoms with E-state index < -0.39 is 6.04 Å². The van der Waals surface area contributed by atoms with E-state index >= 15 is 0 Å². The van der Waals surface area contributed by atoms with Crippen LogP contribution < -0.4 is 10.3 Å². The molecule has 1 N–H and O–H groups in total. The smallest absolute Gasteiger partial charge is 0.271 e. The van der Waals surface area contributed by atoms with E-state index in [0.717, 1.165) is 25.9 Å². The first-order valence-electron chi connectivity index (χ1n) is 8.61. The van der Waals surface area contributed by atoms with Crippen molar-refractivity contribution in [3.63, 3.8) is 0 Å². The topological polar surface area (TPSA) is 65.0 Å². The lowest BCUT2D eigenvalue weighted by Crippen LogP contribution is -2.62. The number of amides is 2. The molecule has 2 amide bonds. The molecule has 2 aliphatic heterocycles. The molecule has 2 heterocycles. The summed E-state index contributed by atoms with van der Waals surface area (Å²) < 4.78 is 0. The van der Waals surface area contributed by atoms with Crippen LogP contribution in [-0.4, -0.2) is 48.1 Å². The molecule has 6 nitrogen and oxygen atoms in total. The molecule has 1 aromatic carbocycles. The molecule has 0 spiro atoms. The SMILES string of the molecule is CC(=O)NC1C(=O)N(c2ccccc2)N=CC1N1CCCCCC1. The molecule has 24 heavy (non-hydrogen) atoms. The highest BCUT2D eigenvalue weighted by atomic mass is 16.2. The molecular weight excluding hydrogens is 304 g/mol. The van der Waals surface area contributed by atoms with Crippen molar-refractivity contribution in [1.29, 1.82) is 0 Å². The molecule has 1 aromatic rings. The number of benzene rings is 1. The highest BCUT2D eigenvalue weighted by Gasteiger charge is 2.39. The Labute approximate surface area is 142 Å². The number of hydrazone groups is 1. The third-order valence-electron chi connectivity index (χ3n) is 4.57. The summed E-state index contributed by atoms with van der Waals surface area (Å²) in [4.78, 5) is 26.9. The molecule has 128 valence electrons. The van der Waals surface area contributed by atoms with Crippen LogP contribution in [0.4, 0.5) is 5.69 Å². The minimum absolute atomic E-state index is 0.181. The van der Waals surface area contributed by atoms with Gasteiger partial charge in [-0.1, -0.05) is 31.0 Å². The lowest BCUT2D eigenvalue weighted by atomic mass is 10.0. The Hall–Kier alpha value is -2.21. The van der Waals surface area contributed by atoms with Gasteiger partial charge < -0.3 is 5.32 Å². The molecule has 0 bridgehead atoms. The lowest BCUT2D eigenvalue weighted by molar-refractivity contribution is -0.127. The third-order valence-corrected chi connectivity index (χ3v) is 4.57. The van der Waals surface area contributed by atoms with Gasteiger partial charge in [0.25, 0.3) is 5.91 Å². The molecule has 0 aliphatic carbocycles. The minimum Gasteiger partial charge on any atom is -0.343 e. The van der Waals surface area contributed by atoms with E-state index in [0.29, 0.717) is 5.69 Å². The van der Waals surface area contributed by atoms with Gasteiger partial charge in [-0.15, -0.1) is 0 Å². The highest BCUT2D eigenvalue weighted by Crippen LogP contribution is 2.22. The average Bonchev–Trinajstić information content (AvgIpc) is 2.86. The monoisotopic (exact) mass is 328 g/mol. The van der Waals surface area contributed by atoms with E-state index in [2.05, 4.69) is 15.3 Å². The van der Waals surface area contributed by atoms with Crippen molar-refractivity contribution in [3.05, 3.63) is 30.3 Å². The minimum atomic E-state index is -0.599. The Morgan fingerprint density at radius 3 is 2.42 bits per heavy atom. The summed E-state index contributed by atoms with van der Waals surface area (Å²) in [7, 11) is 0. The zero-order valence-corrected chi connectivity index (χ0v) is 14.0. The first kappa shape index (κ1) is 16.6. The average molecular weight is 328 g/mol. The number of nitrogens with zero attached hydrogens (tertiary/aromatic N) is 3. The van der Waals surface area contributed by atoms with Crippen LogP contribution in [0, 0.1) is 0 Å². The number of para-hydroxylation sites is 1. The van der Waals surface area contributed by atoms with Gasteiger partial charge in [-0.05, 0) is 38.1 Å². The Kier molecular flexibility index (Phi) is 5.25. The molecule has 2 unspecified atom stereocenters. The van der Waals surface area contributed by atoms with Crippen LogP contribution in [0.3, 0.4) is 0 Å². The maximum atomic E-state index is 13.0. The largest absolute Gasteiger partial charge is 0.343 e. The van der Waals surface area contributed by atoms with Crippen LogP contribution in [0.2, 0.25) is 0 Å². The van der Waals surface area contributed by atoms with Gasteiger partial charge in [0.1, 0.15) is 6.04 Å². The summed E-state index contributed by atoms with van der Waals surface area (Å²) in [5.74, 6) is -0.385. The van der Waals surface area contributed by atoms with Crippen molar-refractivity contribution in [2.24, 2.45) is 5.10 Å². The van der Waals surface area contributed by atoms with E-state index in [1.54, 1.807) is 6.21 Å². The Morgan fingerprint density at radius 1 is 1.12 bits per heavy atom. The number of hydrogen-bond donors (Lipinski definition) is 1. The predicted molar refractivity (Wildman–Crippen MR) is 93.9 cm³/mol. The van der Waals surface area contributed by atoms with Crippen molar-refractivity contribution >= 4 is 23.7 Å². The second-order valence-corrected chi connectivity index (χ2v) is 6.37. The Balaban J connectivity index is 1.87. The van der Waals surface area contributed by atoms with Crippen molar-refractivity contribution in [1.82, 2.24) is 10.2 Å². The van der Waals surface area contributed by atoms with E-state index in [1.807, 2.05) is 30.3 Å². The van der Waals surface area contributed by atoms with Crippen molar-refractivity contribution in [3.8, 4) is 0 Å². The molecule has 6 heteroatoms. The van der Waals surface area contributed by atoms with Crippen molar-refractivity contribution in [2.75, 3.05) is 18.1 Å². The summed E-state index contributed by atoms with van der Waals surface area (Å²) in [5.41, 5.74) is 0.711. The quantitative estimate of drug-likeness (QED) is 0.920. The van der Waals surface area contributed by atoms with Crippen LogP contribution in [0.1, 0.15) is 32.6 Å². The zero-order chi connectivity index (χ0) is 16.9. The molecule has 0 radical (unpaired) electrons. The fourth-order valence-electron chi connectivity index (χ4n) is 3.38. The van der Waals surface area contributed by atoms with Gasteiger partial charge in [-0.25, -0.2) is 0 Å².